The topological polar surface area (TPSA) is 37.3 Å². The molecule has 0 bridgehead atoms. The molecule has 0 heterocycles. The molecule has 0 aliphatic heterocycles. The molecular formula is C10H13ClO2. The highest BCUT2D eigenvalue weighted by Crippen LogP contribution is 2.07. The summed E-state index contributed by atoms with van der Waals surface area (Å²) >= 11 is 0. The van der Waals surface area contributed by atoms with Crippen LogP contribution in [-0.2, 0) is 11.2 Å². The number of rotatable bonds is 3. The highest BCUT2D eigenvalue weighted by molar-refractivity contribution is 5.85. The molecule has 1 rings (SSSR count). The summed E-state index contributed by atoms with van der Waals surface area (Å²) in [4.78, 5) is 10.5. The molecule has 13 heavy (non-hydrogen) atoms. The van der Waals surface area contributed by atoms with Gasteiger partial charge in [-0.05, 0) is 12.0 Å². The highest BCUT2D eigenvalue weighted by Gasteiger charge is 2.10. The Hall–Kier alpha value is -1.02. The molecule has 0 fully saturated rings. The number of benzene rings is 1. The zero-order valence-corrected chi connectivity index (χ0v) is 8.25. The first kappa shape index (κ1) is 12.0. The van der Waals surface area contributed by atoms with E-state index in [0.29, 0.717) is 6.42 Å². The van der Waals surface area contributed by atoms with Crippen molar-refractivity contribution < 1.29 is 9.90 Å². The monoisotopic (exact) mass is 200 g/mol. The predicted molar refractivity (Wildman–Crippen MR) is 54.2 cm³/mol. The van der Waals surface area contributed by atoms with E-state index in [2.05, 4.69) is 0 Å². The smallest absolute Gasteiger partial charge is 0.306 e. The quantitative estimate of drug-likeness (QED) is 0.814. The van der Waals surface area contributed by atoms with Crippen LogP contribution >= 0.6 is 12.4 Å². The van der Waals surface area contributed by atoms with E-state index in [0.717, 1.165) is 5.56 Å². The van der Waals surface area contributed by atoms with Crippen LogP contribution in [0.3, 0.4) is 0 Å². The number of carbonyl (C=O) groups is 1. The van der Waals surface area contributed by atoms with Crippen LogP contribution in [-0.4, -0.2) is 11.1 Å². The summed E-state index contributed by atoms with van der Waals surface area (Å²) in [6.45, 7) is 1.72. The van der Waals surface area contributed by atoms with Crippen LogP contribution in [0.15, 0.2) is 30.3 Å². The Morgan fingerprint density at radius 3 is 2.38 bits per heavy atom. The second kappa shape index (κ2) is 5.60. The molecule has 0 radical (unpaired) electrons. The molecule has 2 nitrogen and oxygen atoms in total. The normalized spacial score (nSPS) is 11.5. The Morgan fingerprint density at radius 1 is 1.38 bits per heavy atom. The third kappa shape index (κ3) is 3.95. The fourth-order valence-electron chi connectivity index (χ4n) is 1.05. The highest BCUT2D eigenvalue weighted by atomic mass is 35.5. The first-order valence-electron chi connectivity index (χ1n) is 3.97. The van der Waals surface area contributed by atoms with Crippen molar-refractivity contribution in [2.45, 2.75) is 13.3 Å². The molecule has 1 atom stereocenters. The van der Waals surface area contributed by atoms with Crippen LogP contribution < -0.4 is 0 Å². The van der Waals surface area contributed by atoms with Crippen molar-refractivity contribution >= 4 is 18.4 Å². The van der Waals surface area contributed by atoms with Gasteiger partial charge in [-0.2, -0.15) is 0 Å². The summed E-state index contributed by atoms with van der Waals surface area (Å²) in [5, 5.41) is 8.64. The standard InChI is InChI=1S/C10H12O2.ClH/c1-8(10(11)12)7-9-5-3-2-4-6-9;/h2-6,8H,7H2,1H3,(H,11,12);1H. The Labute approximate surface area is 84.0 Å². The molecular weight excluding hydrogens is 188 g/mol. The minimum absolute atomic E-state index is 0. The molecule has 1 aromatic carbocycles. The van der Waals surface area contributed by atoms with Crippen molar-refractivity contribution in [2.24, 2.45) is 5.92 Å². The number of halogens is 1. The molecule has 1 aromatic rings. The lowest BCUT2D eigenvalue weighted by atomic mass is 10.0. The van der Waals surface area contributed by atoms with Gasteiger partial charge >= 0.3 is 5.97 Å². The molecule has 0 saturated heterocycles. The second-order valence-corrected chi connectivity index (χ2v) is 2.93. The van der Waals surface area contributed by atoms with Crippen LogP contribution in [0.4, 0.5) is 0 Å². The Morgan fingerprint density at radius 2 is 1.92 bits per heavy atom. The van der Waals surface area contributed by atoms with Gasteiger partial charge in [0.1, 0.15) is 0 Å². The fourth-order valence-corrected chi connectivity index (χ4v) is 1.05. The van der Waals surface area contributed by atoms with E-state index in [4.69, 9.17) is 5.11 Å². The van der Waals surface area contributed by atoms with Gasteiger partial charge in [0.2, 0.25) is 0 Å². The number of carboxylic acids is 1. The molecule has 1 N–H and O–H groups in total. The van der Waals surface area contributed by atoms with E-state index < -0.39 is 5.97 Å². The lowest BCUT2D eigenvalue weighted by Gasteiger charge is -2.04. The summed E-state index contributed by atoms with van der Waals surface area (Å²) in [6, 6.07) is 9.65. The molecule has 0 saturated carbocycles. The maximum Gasteiger partial charge on any atom is 0.306 e. The maximum absolute atomic E-state index is 10.5. The molecule has 72 valence electrons. The fraction of sp³-hybridized carbons (Fsp3) is 0.300. The number of carboxylic acid groups (broad SMARTS) is 1. The largest absolute Gasteiger partial charge is 0.481 e. The number of aliphatic carboxylic acids is 1. The van der Waals surface area contributed by atoms with Crippen LogP contribution in [0.25, 0.3) is 0 Å². The summed E-state index contributed by atoms with van der Waals surface area (Å²) in [6.07, 6.45) is 0.607. The van der Waals surface area contributed by atoms with Crippen LogP contribution in [0.2, 0.25) is 0 Å². The molecule has 1 unspecified atom stereocenters. The van der Waals surface area contributed by atoms with E-state index in [1.807, 2.05) is 30.3 Å². The molecule has 0 aliphatic rings. The van der Waals surface area contributed by atoms with E-state index in [1.54, 1.807) is 6.92 Å². The van der Waals surface area contributed by atoms with Crippen molar-refractivity contribution in [3.05, 3.63) is 35.9 Å². The van der Waals surface area contributed by atoms with Gasteiger partial charge in [0.15, 0.2) is 0 Å². The third-order valence-electron chi connectivity index (χ3n) is 1.81. The first-order valence-corrected chi connectivity index (χ1v) is 3.97. The maximum atomic E-state index is 10.5. The van der Waals surface area contributed by atoms with Crippen LogP contribution in [0.5, 0.6) is 0 Å². The summed E-state index contributed by atoms with van der Waals surface area (Å²) < 4.78 is 0. The lowest BCUT2D eigenvalue weighted by molar-refractivity contribution is -0.141. The van der Waals surface area contributed by atoms with Crippen molar-refractivity contribution in [2.75, 3.05) is 0 Å². The van der Waals surface area contributed by atoms with E-state index >= 15 is 0 Å². The van der Waals surface area contributed by atoms with E-state index in [-0.39, 0.29) is 18.3 Å². The first-order chi connectivity index (χ1) is 5.70. The van der Waals surface area contributed by atoms with Gasteiger partial charge in [-0.15, -0.1) is 12.4 Å². The second-order valence-electron chi connectivity index (χ2n) is 2.93. The molecule has 0 spiro atoms. The van der Waals surface area contributed by atoms with Crippen LogP contribution in [0, 0.1) is 5.92 Å². The summed E-state index contributed by atoms with van der Waals surface area (Å²) in [5.74, 6) is -1.04. The Balaban J connectivity index is 0.00000144. The van der Waals surface area contributed by atoms with Crippen molar-refractivity contribution in [3.63, 3.8) is 0 Å². The number of hydrogen-bond donors (Lipinski definition) is 1. The Bertz CT molecular complexity index is 259. The average Bonchev–Trinajstić information content (AvgIpc) is 2.06. The van der Waals surface area contributed by atoms with Crippen molar-refractivity contribution in [1.29, 1.82) is 0 Å². The summed E-state index contributed by atoms with van der Waals surface area (Å²) in [5.41, 5.74) is 1.08. The van der Waals surface area contributed by atoms with Crippen LogP contribution in [0.1, 0.15) is 12.5 Å². The lowest BCUT2D eigenvalue weighted by Crippen LogP contribution is -2.11. The van der Waals surface area contributed by atoms with Gasteiger partial charge in [-0.25, -0.2) is 0 Å². The zero-order valence-electron chi connectivity index (χ0n) is 7.43. The van der Waals surface area contributed by atoms with Gasteiger partial charge < -0.3 is 5.11 Å². The molecule has 0 aromatic heterocycles. The minimum atomic E-state index is -0.737. The molecule has 0 amide bonds. The zero-order chi connectivity index (χ0) is 8.97. The SMILES string of the molecule is CC(Cc1ccccc1)C(=O)O.Cl. The van der Waals surface area contributed by atoms with E-state index in [9.17, 15) is 4.79 Å². The van der Waals surface area contributed by atoms with Gasteiger partial charge in [-0.1, -0.05) is 37.3 Å². The van der Waals surface area contributed by atoms with Gasteiger partial charge in [0.25, 0.3) is 0 Å². The Kier molecular flexibility index (Phi) is 5.16. The van der Waals surface area contributed by atoms with Crippen molar-refractivity contribution in [1.82, 2.24) is 0 Å². The van der Waals surface area contributed by atoms with Gasteiger partial charge in [-0.3, -0.25) is 4.79 Å². The van der Waals surface area contributed by atoms with Crippen molar-refractivity contribution in [3.8, 4) is 0 Å². The number of hydrogen-bond acceptors (Lipinski definition) is 1. The molecule has 3 heteroatoms. The van der Waals surface area contributed by atoms with Gasteiger partial charge in [0, 0.05) is 0 Å². The minimum Gasteiger partial charge on any atom is -0.481 e. The molecule has 0 aliphatic carbocycles. The van der Waals surface area contributed by atoms with Gasteiger partial charge in [0.05, 0.1) is 5.92 Å². The summed E-state index contributed by atoms with van der Waals surface area (Å²) in [7, 11) is 0. The predicted octanol–water partition coefficient (Wildman–Crippen LogP) is 2.37. The third-order valence-corrected chi connectivity index (χ3v) is 1.81. The van der Waals surface area contributed by atoms with E-state index in [1.165, 1.54) is 0 Å². The average molecular weight is 201 g/mol.